The van der Waals surface area contributed by atoms with Gasteiger partial charge >= 0.3 is 5.97 Å². The molecule has 23 heavy (non-hydrogen) atoms. The van der Waals surface area contributed by atoms with Gasteiger partial charge in [0.15, 0.2) is 0 Å². The fourth-order valence-corrected chi connectivity index (χ4v) is 2.90. The molecule has 3 nitrogen and oxygen atoms in total. The average molecular weight is 322 g/mol. The molecule has 0 aromatic carbocycles. The first-order valence-electron chi connectivity index (χ1n) is 9.62. The van der Waals surface area contributed by atoms with Crippen LogP contribution in [0.2, 0.25) is 0 Å². The number of rotatable bonds is 14. The molecule has 1 aromatic rings. The highest BCUT2D eigenvalue weighted by molar-refractivity contribution is 5.89. The number of H-pyrrole nitrogens is 1. The zero-order chi connectivity index (χ0) is 16.8. The van der Waals surface area contributed by atoms with Crippen molar-refractivity contribution in [3.8, 4) is 0 Å². The molecule has 0 spiro atoms. The van der Waals surface area contributed by atoms with Crippen molar-refractivity contribution in [2.45, 2.75) is 90.9 Å². The second-order valence-electron chi connectivity index (χ2n) is 6.42. The molecule has 1 rings (SSSR count). The summed E-state index contributed by atoms with van der Waals surface area (Å²) in [5.41, 5.74) is 1.79. The molecule has 0 bridgehead atoms. The van der Waals surface area contributed by atoms with Crippen LogP contribution in [0.3, 0.4) is 0 Å². The summed E-state index contributed by atoms with van der Waals surface area (Å²) in [5, 5.41) is 0. The third-order valence-corrected chi connectivity index (χ3v) is 4.30. The molecule has 0 amide bonds. The fraction of sp³-hybridized carbons (Fsp3) is 0.750. The van der Waals surface area contributed by atoms with E-state index in [-0.39, 0.29) is 5.97 Å². The van der Waals surface area contributed by atoms with Crippen LogP contribution >= 0.6 is 0 Å². The molecule has 0 atom stereocenters. The Hall–Kier alpha value is -1.25. The van der Waals surface area contributed by atoms with Gasteiger partial charge in [-0.1, -0.05) is 71.1 Å². The maximum absolute atomic E-state index is 11.6. The minimum atomic E-state index is -0.228. The summed E-state index contributed by atoms with van der Waals surface area (Å²) in [6.07, 6.45) is 17.7. The Kier molecular flexibility index (Phi) is 11.4. The normalized spacial score (nSPS) is 10.9. The summed E-state index contributed by atoms with van der Waals surface area (Å²) >= 11 is 0. The van der Waals surface area contributed by atoms with Gasteiger partial charge in [0.25, 0.3) is 0 Å². The summed E-state index contributed by atoms with van der Waals surface area (Å²) in [6, 6.07) is 1.92. The minimum absolute atomic E-state index is 0.228. The number of hydrogen-bond acceptors (Lipinski definition) is 2. The van der Waals surface area contributed by atoms with Crippen LogP contribution in [-0.2, 0) is 11.2 Å². The maximum atomic E-state index is 11.6. The Morgan fingerprint density at radius 2 is 1.48 bits per heavy atom. The van der Waals surface area contributed by atoms with Crippen molar-refractivity contribution in [2.24, 2.45) is 0 Å². The van der Waals surface area contributed by atoms with E-state index in [4.69, 9.17) is 4.74 Å². The molecule has 0 saturated heterocycles. The number of carbonyl (C=O) groups is 1. The zero-order valence-electron chi connectivity index (χ0n) is 15.2. The van der Waals surface area contributed by atoms with Crippen LogP contribution in [0.15, 0.2) is 12.3 Å². The van der Waals surface area contributed by atoms with Gasteiger partial charge in [-0.05, 0) is 25.8 Å². The van der Waals surface area contributed by atoms with Crippen molar-refractivity contribution >= 4 is 5.97 Å². The molecular formula is C20H35NO2. The Bertz CT molecular complexity index is 412. The van der Waals surface area contributed by atoms with E-state index >= 15 is 0 Å². The van der Waals surface area contributed by atoms with Crippen LogP contribution in [0.25, 0.3) is 0 Å². The van der Waals surface area contributed by atoms with Gasteiger partial charge in [-0.15, -0.1) is 0 Å². The smallest absolute Gasteiger partial charge is 0.339 e. The number of unbranched alkanes of at least 4 members (excludes halogenated alkanes) is 10. The SMILES string of the molecule is CCCCCCCCCCCCCc1cc(C(=O)OCC)c[nH]1. The highest BCUT2D eigenvalue weighted by Crippen LogP contribution is 2.13. The largest absolute Gasteiger partial charge is 0.462 e. The van der Waals surface area contributed by atoms with Crippen LogP contribution in [-0.4, -0.2) is 17.6 Å². The highest BCUT2D eigenvalue weighted by Gasteiger charge is 2.08. The van der Waals surface area contributed by atoms with E-state index in [1.807, 2.05) is 13.0 Å². The van der Waals surface area contributed by atoms with Gasteiger partial charge in [0.2, 0.25) is 0 Å². The topological polar surface area (TPSA) is 42.1 Å². The second kappa shape index (κ2) is 13.2. The number of hydrogen-bond donors (Lipinski definition) is 1. The number of aryl methyl sites for hydroxylation is 1. The first-order chi connectivity index (χ1) is 11.3. The standard InChI is InChI=1S/C20H35NO2/c1-3-5-6-7-8-9-10-11-12-13-14-15-19-16-18(17-21-19)20(22)23-4-2/h16-17,21H,3-15H2,1-2H3. The maximum Gasteiger partial charge on any atom is 0.339 e. The molecule has 1 N–H and O–H groups in total. The van der Waals surface area contributed by atoms with E-state index in [1.165, 1.54) is 70.6 Å². The fourth-order valence-electron chi connectivity index (χ4n) is 2.90. The Morgan fingerprint density at radius 3 is 2.04 bits per heavy atom. The van der Waals surface area contributed by atoms with Gasteiger partial charge in [0.05, 0.1) is 12.2 Å². The van der Waals surface area contributed by atoms with Gasteiger partial charge in [-0.2, -0.15) is 0 Å². The first kappa shape index (κ1) is 19.8. The monoisotopic (exact) mass is 321 g/mol. The Morgan fingerprint density at radius 1 is 0.913 bits per heavy atom. The van der Waals surface area contributed by atoms with Crippen molar-refractivity contribution < 1.29 is 9.53 Å². The molecule has 0 fully saturated rings. The van der Waals surface area contributed by atoms with Crippen LogP contribution in [0, 0.1) is 0 Å². The number of aromatic nitrogens is 1. The second-order valence-corrected chi connectivity index (χ2v) is 6.42. The molecular weight excluding hydrogens is 286 g/mol. The lowest BCUT2D eigenvalue weighted by Crippen LogP contribution is -2.02. The summed E-state index contributed by atoms with van der Waals surface area (Å²) in [7, 11) is 0. The number of nitrogens with one attached hydrogen (secondary N) is 1. The zero-order valence-corrected chi connectivity index (χ0v) is 15.2. The van der Waals surface area contributed by atoms with Crippen LogP contribution < -0.4 is 0 Å². The van der Waals surface area contributed by atoms with Gasteiger partial charge in [0.1, 0.15) is 0 Å². The quantitative estimate of drug-likeness (QED) is 0.335. The first-order valence-corrected chi connectivity index (χ1v) is 9.62. The molecule has 0 unspecified atom stereocenters. The van der Waals surface area contributed by atoms with Gasteiger partial charge in [0, 0.05) is 11.9 Å². The van der Waals surface area contributed by atoms with Gasteiger partial charge in [-0.3, -0.25) is 0 Å². The number of ether oxygens (including phenoxy) is 1. The van der Waals surface area contributed by atoms with E-state index in [2.05, 4.69) is 11.9 Å². The van der Waals surface area contributed by atoms with Crippen molar-refractivity contribution in [1.29, 1.82) is 0 Å². The van der Waals surface area contributed by atoms with Crippen molar-refractivity contribution in [1.82, 2.24) is 4.98 Å². The highest BCUT2D eigenvalue weighted by atomic mass is 16.5. The molecule has 0 aliphatic carbocycles. The summed E-state index contributed by atoms with van der Waals surface area (Å²) in [6.45, 7) is 4.53. The number of carbonyl (C=O) groups excluding carboxylic acids is 1. The summed E-state index contributed by atoms with van der Waals surface area (Å²) in [5.74, 6) is -0.228. The Balaban J connectivity index is 1.96. The van der Waals surface area contributed by atoms with E-state index in [1.54, 1.807) is 6.20 Å². The molecule has 132 valence electrons. The third kappa shape index (κ3) is 9.47. The third-order valence-electron chi connectivity index (χ3n) is 4.30. The van der Waals surface area contributed by atoms with E-state index < -0.39 is 0 Å². The molecule has 1 aromatic heterocycles. The van der Waals surface area contributed by atoms with Crippen molar-refractivity contribution in [3.05, 3.63) is 23.5 Å². The predicted molar refractivity (Wildman–Crippen MR) is 96.9 cm³/mol. The van der Waals surface area contributed by atoms with E-state index in [9.17, 15) is 4.79 Å². The van der Waals surface area contributed by atoms with Crippen molar-refractivity contribution in [3.63, 3.8) is 0 Å². The molecule has 1 heterocycles. The molecule has 3 heteroatoms. The average Bonchev–Trinajstić information content (AvgIpc) is 3.02. The van der Waals surface area contributed by atoms with Crippen molar-refractivity contribution in [2.75, 3.05) is 6.61 Å². The van der Waals surface area contributed by atoms with E-state index in [0.29, 0.717) is 12.2 Å². The Labute approximate surface area is 142 Å². The number of esters is 1. The van der Waals surface area contributed by atoms with E-state index in [0.717, 1.165) is 12.1 Å². The van der Waals surface area contributed by atoms with Crippen LogP contribution in [0.5, 0.6) is 0 Å². The van der Waals surface area contributed by atoms with Crippen LogP contribution in [0.4, 0.5) is 0 Å². The predicted octanol–water partition coefficient (Wildman–Crippen LogP) is 6.04. The lowest BCUT2D eigenvalue weighted by Gasteiger charge is -2.02. The summed E-state index contributed by atoms with van der Waals surface area (Å²) < 4.78 is 4.99. The molecule has 0 radical (unpaired) electrons. The molecule has 0 aliphatic rings. The minimum Gasteiger partial charge on any atom is -0.462 e. The lowest BCUT2D eigenvalue weighted by molar-refractivity contribution is 0.0526. The van der Waals surface area contributed by atoms with Gasteiger partial charge < -0.3 is 9.72 Å². The molecule has 0 aliphatic heterocycles. The lowest BCUT2D eigenvalue weighted by atomic mass is 10.0. The number of aromatic amines is 1. The summed E-state index contributed by atoms with van der Waals surface area (Å²) in [4.78, 5) is 14.8. The van der Waals surface area contributed by atoms with Crippen LogP contribution in [0.1, 0.15) is 101 Å². The van der Waals surface area contributed by atoms with Gasteiger partial charge in [-0.25, -0.2) is 4.79 Å². The molecule has 0 saturated carbocycles.